The van der Waals surface area contributed by atoms with Crippen molar-refractivity contribution >= 4 is 16.8 Å². The number of fused-ring (bicyclic) bond motifs is 1. The van der Waals surface area contributed by atoms with Gasteiger partial charge in [0.15, 0.2) is 0 Å². The quantitative estimate of drug-likeness (QED) is 0.643. The van der Waals surface area contributed by atoms with E-state index in [1.54, 1.807) is 0 Å². The van der Waals surface area contributed by atoms with Crippen LogP contribution in [0.2, 0.25) is 0 Å². The lowest BCUT2D eigenvalue weighted by Gasteiger charge is -2.19. The topological polar surface area (TPSA) is 48.1 Å². The van der Waals surface area contributed by atoms with Gasteiger partial charge >= 0.3 is 0 Å². The molecule has 1 saturated heterocycles. The molecule has 2 N–H and O–H groups in total. The highest BCUT2D eigenvalue weighted by Crippen LogP contribution is 2.26. The normalized spacial score (nSPS) is 15.3. The first-order chi connectivity index (χ1) is 14.2. The average molecular weight is 390 g/mol. The van der Waals surface area contributed by atoms with E-state index in [0.29, 0.717) is 6.42 Å². The third kappa shape index (κ3) is 5.07. The lowest BCUT2D eigenvalue weighted by atomic mass is 10.0. The first-order valence-corrected chi connectivity index (χ1v) is 10.9. The number of likely N-dealkylation sites (tertiary alicyclic amines) is 1. The summed E-state index contributed by atoms with van der Waals surface area (Å²) in [7, 11) is 0. The Balaban J connectivity index is 1.35. The second-order valence-corrected chi connectivity index (χ2v) is 8.22. The zero-order valence-corrected chi connectivity index (χ0v) is 17.3. The van der Waals surface area contributed by atoms with E-state index in [9.17, 15) is 4.79 Å². The molecule has 0 atom stereocenters. The van der Waals surface area contributed by atoms with Crippen LogP contribution >= 0.6 is 0 Å². The van der Waals surface area contributed by atoms with E-state index in [-0.39, 0.29) is 5.91 Å². The number of nitrogens with one attached hydrogen (secondary N) is 2. The molecule has 29 heavy (non-hydrogen) atoms. The molecule has 2 heterocycles. The van der Waals surface area contributed by atoms with E-state index in [0.717, 1.165) is 29.6 Å². The van der Waals surface area contributed by atoms with Crippen molar-refractivity contribution in [3.63, 3.8) is 0 Å². The summed E-state index contributed by atoms with van der Waals surface area (Å²) in [6.45, 7) is 6.13. The average Bonchev–Trinajstić information content (AvgIpc) is 2.94. The number of H-pyrrole nitrogens is 1. The van der Waals surface area contributed by atoms with E-state index in [1.165, 1.54) is 55.5 Å². The van der Waals surface area contributed by atoms with Gasteiger partial charge in [0.25, 0.3) is 0 Å². The molecule has 0 unspecified atom stereocenters. The molecule has 1 fully saturated rings. The van der Waals surface area contributed by atoms with E-state index in [4.69, 9.17) is 0 Å². The summed E-state index contributed by atoms with van der Waals surface area (Å²) in [5.74, 6) is 0.100. The van der Waals surface area contributed by atoms with Crippen LogP contribution in [0.4, 0.5) is 0 Å². The van der Waals surface area contributed by atoms with Crippen LogP contribution < -0.4 is 5.32 Å². The summed E-state index contributed by atoms with van der Waals surface area (Å²) in [4.78, 5) is 18.3. The maximum atomic E-state index is 12.4. The van der Waals surface area contributed by atoms with Gasteiger partial charge in [-0.3, -0.25) is 4.79 Å². The number of aromatic amines is 1. The predicted octanol–water partition coefficient (Wildman–Crippen LogP) is 4.68. The molecule has 4 heteroatoms. The summed E-state index contributed by atoms with van der Waals surface area (Å²) in [6, 6.07) is 15.0. The van der Waals surface area contributed by atoms with Crippen LogP contribution in [0.5, 0.6) is 0 Å². The molecule has 0 aliphatic carbocycles. The molecule has 1 aliphatic rings. The fourth-order valence-electron chi connectivity index (χ4n) is 4.21. The fraction of sp³-hybridized carbons (Fsp3) is 0.400. The number of rotatable bonds is 6. The summed E-state index contributed by atoms with van der Waals surface area (Å²) in [6.07, 6.45) is 7.65. The van der Waals surface area contributed by atoms with Crippen molar-refractivity contribution in [2.45, 2.75) is 39.0 Å². The molecule has 2 aromatic carbocycles. The number of aromatic nitrogens is 1. The predicted molar refractivity (Wildman–Crippen MR) is 120 cm³/mol. The lowest BCUT2D eigenvalue weighted by Crippen LogP contribution is -2.36. The Morgan fingerprint density at radius 1 is 1.00 bits per heavy atom. The van der Waals surface area contributed by atoms with E-state index >= 15 is 0 Å². The molecular weight excluding hydrogens is 358 g/mol. The summed E-state index contributed by atoms with van der Waals surface area (Å²) in [5.41, 5.74) is 5.80. The first kappa shape index (κ1) is 19.7. The lowest BCUT2D eigenvalue weighted by molar-refractivity contribution is -0.120. The number of nitrogens with zero attached hydrogens (tertiary/aromatic N) is 1. The monoisotopic (exact) mass is 389 g/mol. The highest BCUT2D eigenvalue weighted by Gasteiger charge is 2.12. The minimum atomic E-state index is 0.100. The maximum Gasteiger partial charge on any atom is 0.224 e. The first-order valence-electron chi connectivity index (χ1n) is 10.9. The van der Waals surface area contributed by atoms with Crippen LogP contribution in [0.25, 0.3) is 22.0 Å². The number of carbonyl (C=O) groups is 1. The smallest absolute Gasteiger partial charge is 0.224 e. The number of carbonyl (C=O) groups excluding carboxylic acids is 1. The molecule has 1 aliphatic heterocycles. The Labute approximate surface area is 173 Å². The van der Waals surface area contributed by atoms with Crippen molar-refractivity contribution in [1.29, 1.82) is 0 Å². The maximum absolute atomic E-state index is 12.4. The Bertz CT molecular complexity index is 950. The van der Waals surface area contributed by atoms with E-state index in [1.807, 2.05) is 6.20 Å². The molecule has 4 rings (SSSR count). The molecule has 152 valence electrons. The number of amides is 1. The largest absolute Gasteiger partial charge is 0.361 e. The fourth-order valence-corrected chi connectivity index (χ4v) is 4.21. The van der Waals surface area contributed by atoms with Crippen LogP contribution in [-0.4, -0.2) is 42.0 Å². The summed E-state index contributed by atoms with van der Waals surface area (Å²) < 4.78 is 0. The molecule has 0 radical (unpaired) electrons. The van der Waals surface area contributed by atoms with E-state index < -0.39 is 0 Å². The molecule has 4 nitrogen and oxygen atoms in total. The number of hydrogen-bond acceptors (Lipinski definition) is 2. The second kappa shape index (κ2) is 9.27. The second-order valence-electron chi connectivity index (χ2n) is 8.22. The van der Waals surface area contributed by atoms with Gasteiger partial charge < -0.3 is 15.2 Å². The molecular formula is C25H31N3O. The van der Waals surface area contributed by atoms with Crippen LogP contribution in [0.1, 0.15) is 36.8 Å². The number of hydrogen-bond donors (Lipinski definition) is 2. The number of aryl methyl sites for hydroxylation is 1. The Morgan fingerprint density at radius 3 is 2.48 bits per heavy atom. The van der Waals surface area contributed by atoms with Crippen LogP contribution in [0.3, 0.4) is 0 Å². The molecule has 1 aromatic heterocycles. The zero-order chi connectivity index (χ0) is 20.1. The van der Waals surface area contributed by atoms with Gasteiger partial charge in [-0.25, -0.2) is 0 Å². The molecule has 3 aromatic rings. The van der Waals surface area contributed by atoms with E-state index in [2.05, 4.69) is 64.6 Å². The highest BCUT2D eigenvalue weighted by molar-refractivity contribution is 5.91. The Morgan fingerprint density at radius 2 is 1.72 bits per heavy atom. The van der Waals surface area contributed by atoms with Gasteiger partial charge in [-0.05, 0) is 55.6 Å². The minimum Gasteiger partial charge on any atom is -0.361 e. The van der Waals surface area contributed by atoms with Crippen molar-refractivity contribution in [3.05, 3.63) is 59.8 Å². The van der Waals surface area contributed by atoms with Crippen LogP contribution in [0, 0.1) is 6.92 Å². The molecule has 0 spiro atoms. The van der Waals surface area contributed by atoms with Gasteiger partial charge in [0.2, 0.25) is 5.91 Å². The Kier molecular flexibility index (Phi) is 6.30. The minimum absolute atomic E-state index is 0.100. The summed E-state index contributed by atoms with van der Waals surface area (Å²) >= 11 is 0. The number of benzene rings is 2. The van der Waals surface area contributed by atoms with Crippen molar-refractivity contribution in [3.8, 4) is 11.1 Å². The Hall–Kier alpha value is -2.59. The van der Waals surface area contributed by atoms with Crippen molar-refractivity contribution in [1.82, 2.24) is 15.2 Å². The molecule has 0 saturated carbocycles. The van der Waals surface area contributed by atoms with Crippen LogP contribution in [-0.2, 0) is 11.2 Å². The third-order valence-electron chi connectivity index (χ3n) is 5.95. The van der Waals surface area contributed by atoms with Gasteiger partial charge in [0.05, 0.1) is 6.42 Å². The van der Waals surface area contributed by atoms with Gasteiger partial charge in [-0.1, -0.05) is 54.8 Å². The molecule has 0 bridgehead atoms. The summed E-state index contributed by atoms with van der Waals surface area (Å²) in [5, 5.41) is 4.23. The van der Waals surface area contributed by atoms with Crippen molar-refractivity contribution in [2.24, 2.45) is 0 Å². The van der Waals surface area contributed by atoms with Crippen molar-refractivity contribution < 1.29 is 4.79 Å². The zero-order valence-electron chi connectivity index (χ0n) is 17.3. The van der Waals surface area contributed by atoms with Gasteiger partial charge in [0.1, 0.15) is 0 Å². The third-order valence-corrected chi connectivity index (χ3v) is 5.95. The van der Waals surface area contributed by atoms with Gasteiger partial charge in [-0.15, -0.1) is 0 Å². The van der Waals surface area contributed by atoms with Gasteiger partial charge in [-0.2, -0.15) is 0 Å². The van der Waals surface area contributed by atoms with Gasteiger partial charge in [0, 0.05) is 30.2 Å². The highest BCUT2D eigenvalue weighted by atomic mass is 16.1. The van der Waals surface area contributed by atoms with Crippen LogP contribution in [0.15, 0.2) is 48.7 Å². The standard InChI is InChI=1S/C25H31N3O/c1-19-6-8-20(9-7-19)21-10-11-23-22(18-27-24(23)16-21)17-25(29)26-12-15-28-13-4-2-3-5-14-28/h6-11,16,18,27H,2-5,12-15,17H2,1H3,(H,26,29). The van der Waals surface area contributed by atoms with Crippen molar-refractivity contribution in [2.75, 3.05) is 26.2 Å². The molecule has 1 amide bonds. The SMILES string of the molecule is Cc1ccc(-c2ccc3c(CC(=O)NCCN4CCCCCC4)c[nH]c3c2)cc1.